The van der Waals surface area contributed by atoms with Crippen molar-refractivity contribution in [1.82, 2.24) is 10.2 Å². The standard InChI is InChI=1S/C17H24N2O2/c20-10-2-9-19(16-3-1-4-16)17(21)14-6-5-13-7-8-18-12-15(13)11-14/h5-6,11,16,18,20H,1-4,7-10,12H2. The maximum atomic E-state index is 12.8. The van der Waals surface area contributed by atoms with Gasteiger partial charge in [0.1, 0.15) is 0 Å². The number of carbonyl (C=O) groups is 1. The summed E-state index contributed by atoms with van der Waals surface area (Å²) in [6.07, 6.45) is 5.12. The molecule has 0 saturated heterocycles. The lowest BCUT2D eigenvalue weighted by Gasteiger charge is -2.37. The highest BCUT2D eigenvalue weighted by molar-refractivity contribution is 5.94. The number of benzene rings is 1. The van der Waals surface area contributed by atoms with Gasteiger partial charge < -0.3 is 15.3 Å². The number of hydrogen-bond donors (Lipinski definition) is 2. The molecule has 4 heteroatoms. The van der Waals surface area contributed by atoms with Gasteiger partial charge in [0, 0.05) is 31.3 Å². The first-order valence-electron chi connectivity index (χ1n) is 8.04. The summed E-state index contributed by atoms with van der Waals surface area (Å²) in [5.41, 5.74) is 3.40. The monoisotopic (exact) mass is 288 g/mol. The van der Waals surface area contributed by atoms with E-state index in [2.05, 4.69) is 17.4 Å². The van der Waals surface area contributed by atoms with Gasteiger partial charge in [-0.15, -0.1) is 0 Å². The second-order valence-electron chi connectivity index (χ2n) is 6.07. The summed E-state index contributed by atoms with van der Waals surface area (Å²) < 4.78 is 0. The van der Waals surface area contributed by atoms with E-state index in [-0.39, 0.29) is 12.5 Å². The molecule has 0 spiro atoms. The molecule has 0 atom stereocenters. The van der Waals surface area contributed by atoms with Crippen molar-refractivity contribution in [2.24, 2.45) is 0 Å². The maximum absolute atomic E-state index is 12.8. The molecule has 0 unspecified atom stereocenters. The molecule has 1 aromatic rings. The van der Waals surface area contributed by atoms with Crippen LogP contribution in [0.1, 0.15) is 47.2 Å². The van der Waals surface area contributed by atoms with Crippen LogP contribution >= 0.6 is 0 Å². The normalized spacial score (nSPS) is 18.0. The Kier molecular flexibility index (Phi) is 4.56. The molecule has 1 aliphatic heterocycles. The third-order valence-electron chi connectivity index (χ3n) is 4.67. The summed E-state index contributed by atoms with van der Waals surface area (Å²) in [6.45, 7) is 2.68. The molecular weight excluding hydrogens is 264 g/mol. The van der Waals surface area contributed by atoms with E-state index in [9.17, 15) is 4.79 Å². The maximum Gasteiger partial charge on any atom is 0.254 e. The van der Waals surface area contributed by atoms with E-state index in [0.29, 0.717) is 19.0 Å². The zero-order valence-electron chi connectivity index (χ0n) is 12.5. The molecule has 114 valence electrons. The Morgan fingerprint density at radius 1 is 1.33 bits per heavy atom. The molecule has 0 bridgehead atoms. The van der Waals surface area contributed by atoms with Crippen molar-refractivity contribution in [2.75, 3.05) is 19.7 Å². The predicted molar refractivity (Wildman–Crippen MR) is 82.2 cm³/mol. The van der Waals surface area contributed by atoms with Crippen molar-refractivity contribution in [1.29, 1.82) is 0 Å². The van der Waals surface area contributed by atoms with E-state index in [1.807, 2.05) is 11.0 Å². The minimum atomic E-state index is 0.126. The summed E-state index contributed by atoms with van der Waals surface area (Å²) in [5.74, 6) is 0.126. The SMILES string of the molecule is O=C(c1ccc2c(c1)CNCC2)N(CCCO)C1CCC1. The number of nitrogens with zero attached hydrogens (tertiary/aromatic N) is 1. The minimum absolute atomic E-state index is 0.126. The zero-order chi connectivity index (χ0) is 14.7. The third-order valence-corrected chi connectivity index (χ3v) is 4.67. The van der Waals surface area contributed by atoms with E-state index >= 15 is 0 Å². The average Bonchev–Trinajstić information content (AvgIpc) is 2.48. The number of fused-ring (bicyclic) bond motifs is 1. The molecule has 1 saturated carbocycles. The molecule has 2 aliphatic rings. The Labute approximate surface area is 126 Å². The van der Waals surface area contributed by atoms with Crippen molar-refractivity contribution < 1.29 is 9.90 Å². The first-order chi connectivity index (χ1) is 10.3. The molecule has 21 heavy (non-hydrogen) atoms. The van der Waals surface area contributed by atoms with E-state index in [0.717, 1.165) is 37.9 Å². The smallest absolute Gasteiger partial charge is 0.254 e. The van der Waals surface area contributed by atoms with Crippen LogP contribution in [0, 0.1) is 0 Å². The van der Waals surface area contributed by atoms with Gasteiger partial charge in [-0.2, -0.15) is 0 Å². The van der Waals surface area contributed by atoms with E-state index in [1.54, 1.807) is 0 Å². The molecule has 1 fully saturated rings. The average molecular weight is 288 g/mol. The van der Waals surface area contributed by atoms with Crippen LogP contribution in [0.3, 0.4) is 0 Å². The van der Waals surface area contributed by atoms with Gasteiger partial charge in [-0.1, -0.05) is 6.07 Å². The second kappa shape index (κ2) is 6.58. The van der Waals surface area contributed by atoms with Gasteiger partial charge in [-0.05, 0) is 61.9 Å². The van der Waals surface area contributed by atoms with Crippen molar-refractivity contribution >= 4 is 5.91 Å². The van der Waals surface area contributed by atoms with Crippen LogP contribution in [0.15, 0.2) is 18.2 Å². The van der Waals surface area contributed by atoms with Gasteiger partial charge in [0.05, 0.1) is 0 Å². The molecule has 1 aromatic carbocycles. The first kappa shape index (κ1) is 14.5. The van der Waals surface area contributed by atoms with Crippen LogP contribution < -0.4 is 5.32 Å². The largest absolute Gasteiger partial charge is 0.396 e. The number of rotatable bonds is 5. The van der Waals surface area contributed by atoms with Gasteiger partial charge in [-0.25, -0.2) is 0 Å². The second-order valence-corrected chi connectivity index (χ2v) is 6.07. The Hall–Kier alpha value is -1.39. The molecule has 4 nitrogen and oxygen atoms in total. The molecule has 1 aliphatic carbocycles. The summed E-state index contributed by atoms with van der Waals surface area (Å²) in [4.78, 5) is 14.8. The molecular formula is C17H24N2O2. The summed E-state index contributed by atoms with van der Waals surface area (Å²) in [5, 5.41) is 12.4. The van der Waals surface area contributed by atoms with Crippen molar-refractivity contribution in [3.8, 4) is 0 Å². The molecule has 1 heterocycles. The van der Waals surface area contributed by atoms with Crippen molar-refractivity contribution in [3.63, 3.8) is 0 Å². The lowest BCUT2D eigenvalue weighted by atomic mass is 9.90. The first-order valence-corrected chi connectivity index (χ1v) is 8.04. The van der Waals surface area contributed by atoms with Gasteiger partial charge in [0.15, 0.2) is 0 Å². The molecule has 0 radical (unpaired) electrons. The third kappa shape index (κ3) is 3.11. The number of amides is 1. The quantitative estimate of drug-likeness (QED) is 0.867. The van der Waals surface area contributed by atoms with E-state index in [1.165, 1.54) is 17.5 Å². The highest BCUT2D eigenvalue weighted by Gasteiger charge is 2.29. The van der Waals surface area contributed by atoms with Crippen molar-refractivity contribution in [3.05, 3.63) is 34.9 Å². The Morgan fingerprint density at radius 2 is 2.19 bits per heavy atom. The highest BCUT2D eigenvalue weighted by atomic mass is 16.3. The fourth-order valence-corrected chi connectivity index (χ4v) is 3.17. The molecule has 0 aromatic heterocycles. The Balaban J connectivity index is 1.78. The highest BCUT2D eigenvalue weighted by Crippen LogP contribution is 2.27. The number of aliphatic hydroxyl groups is 1. The van der Waals surface area contributed by atoms with E-state index in [4.69, 9.17) is 5.11 Å². The molecule has 3 rings (SSSR count). The van der Waals surface area contributed by atoms with Crippen LogP contribution in [0.2, 0.25) is 0 Å². The fraction of sp³-hybridized carbons (Fsp3) is 0.588. The lowest BCUT2D eigenvalue weighted by Crippen LogP contribution is -2.45. The van der Waals surface area contributed by atoms with Crippen LogP contribution in [0.25, 0.3) is 0 Å². The predicted octanol–water partition coefficient (Wildman–Crippen LogP) is 1.71. The number of hydrogen-bond acceptors (Lipinski definition) is 3. The summed E-state index contributed by atoms with van der Waals surface area (Å²) in [6, 6.07) is 6.50. The summed E-state index contributed by atoms with van der Waals surface area (Å²) >= 11 is 0. The Morgan fingerprint density at radius 3 is 2.90 bits per heavy atom. The number of nitrogens with one attached hydrogen (secondary N) is 1. The van der Waals surface area contributed by atoms with Crippen LogP contribution in [0.5, 0.6) is 0 Å². The van der Waals surface area contributed by atoms with Crippen LogP contribution in [-0.2, 0) is 13.0 Å². The zero-order valence-corrected chi connectivity index (χ0v) is 12.5. The summed E-state index contributed by atoms with van der Waals surface area (Å²) in [7, 11) is 0. The molecule has 2 N–H and O–H groups in total. The van der Waals surface area contributed by atoms with Gasteiger partial charge >= 0.3 is 0 Å². The van der Waals surface area contributed by atoms with E-state index < -0.39 is 0 Å². The van der Waals surface area contributed by atoms with Gasteiger partial charge in [0.25, 0.3) is 5.91 Å². The van der Waals surface area contributed by atoms with Crippen LogP contribution in [0.4, 0.5) is 0 Å². The van der Waals surface area contributed by atoms with Crippen LogP contribution in [-0.4, -0.2) is 41.7 Å². The number of aliphatic hydroxyl groups excluding tert-OH is 1. The number of carbonyl (C=O) groups excluding carboxylic acids is 1. The van der Waals surface area contributed by atoms with Crippen molar-refractivity contribution in [2.45, 2.75) is 44.7 Å². The topological polar surface area (TPSA) is 52.6 Å². The lowest BCUT2D eigenvalue weighted by molar-refractivity contribution is 0.0562. The van der Waals surface area contributed by atoms with Gasteiger partial charge in [-0.3, -0.25) is 4.79 Å². The molecule has 1 amide bonds. The van der Waals surface area contributed by atoms with Gasteiger partial charge in [0.2, 0.25) is 0 Å². The fourth-order valence-electron chi connectivity index (χ4n) is 3.17. The Bertz CT molecular complexity index is 512. The minimum Gasteiger partial charge on any atom is -0.396 e.